The zero-order valence-corrected chi connectivity index (χ0v) is 19.6. The lowest BCUT2D eigenvalue weighted by atomic mass is 10.0. The van der Waals surface area contributed by atoms with Crippen LogP contribution in [0.4, 0.5) is 15.8 Å². The Kier molecular flexibility index (Phi) is 5.95. The fourth-order valence-corrected chi connectivity index (χ4v) is 4.37. The maximum Gasteiger partial charge on any atom is 0.257 e. The molecule has 1 unspecified atom stereocenters. The average Bonchev–Trinajstić information content (AvgIpc) is 3.43. The van der Waals surface area contributed by atoms with E-state index in [9.17, 15) is 9.18 Å². The first-order valence-corrected chi connectivity index (χ1v) is 11.8. The minimum Gasteiger partial charge on any atom is -0.369 e. The van der Waals surface area contributed by atoms with E-state index in [-0.39, 0.29) is 17.6 Å². The summed E-state index contributed by atoms with van der Waals surface area (Å²) in [6.07, 6.45) is 12.2. The molecule has 1 amide bonds. The van der Waals surface area contributed by atoms with Crippen molar-refractivity contribution in [3.8, 4) is 0 Å². The number of rotatable bonds is 3. The normalized spacial score (nSPS) is 17.5. The summed E-state index contributed by atoms with van der Waals surface area (Å²) in [4.78, 5) is 19.4. The molecule has 2 fully saturated rings. The first-order chi connectivity index (χ1) is 16.4. The lowest BCUT2D eigenvalue weighted by Gasteiger charge is -2.19. The zero-order chi connectivity index (χ0) is 23.8. The molecule has 34 heavy (non-hydrogen) atoms. The van der Waals surface area contributed by atoms with E-state index in [1.54, 1.807) is 34.5 Å². The van der Waals surface area contributed by atoms with Crippen LogP contribution in [0.25, 0.3) is 16.6 Å². The molecule has 3 aromatic heterocycles. The number of nitrogens with two attached hydrogens (primary N) is 1. The highest BCUT2D eigenvalue weighted by atomic mass is 19.1. The highest BCUT2D eigenvalue weighted by Gasteiger charge is 2.24. The van der Waals surface area contributed by atoms with Crippen LogP contribution < -0.4 is 16.0 Å². The molecule has 0 radical (unpaired) electrons. The van der Waals surface area contributed by atoms with Gasteiger partial charge in [0.1, 0.15) is 5.52 Å². The lowest BCUT2D eigenvalue weighted by Crippen LogP contribution is -2.26. The first-order valence-electron chi connectivity index (χ1n) is 11.8. The minimum absolute atomic E-state index is 0.149. The van der Waals surface area contributed by atoms with Crippen LogP contribution in [0.15, 0.2) is 36.8 Å². The number of benzene rings is 1. The number of fused-ring (bicyclic) bond motifs is 2. The van der Waals surface area contributed by atoms with Crippen LogP contribution in [-0.2, 0) is 7.05 Å². The molecule has 0 spiro atoms. The number of nitrogens with one attached hydrogen (secondary N) is 1. The SMILES string of the molecule is C1CCC1.Cc1cn2cc(NC(=O)c3ccc(N4CCC(N)C4)c4cn(C)nc34)cc(F)c2n1. The Labute approximate surface area is 197 Å². The molecule has 1 saturated carbocycles. The van der Waals surface area contributed by atoms with Gasteiger partial charge in [0.15, 0.2) is 11.5 Å². The summed E-state index contributed by atoms with van der Waals surface area (Å²) in [7, 11) is 1.83. The van der Waals surface area contributed by atoms with Crippen LogP contribution in [0.3, 0.4) is 0 Å². The molecule has 1 aliphatic heterocycles. The van der Waals surface area contributed by atoms with Crippen molar-refractivity contribution in [3.63, 3.8) is 0 Å². The molecular weight excluding hydrogens is 433 g/mol. The summed E-state index contributed by atoms with van der Waals surface area (Å²) in [5.74, 6) is -0.844. The molecule has 4 heterocycles. The van der Waals surface area contributed by atoms with Crippen molar-refractivity contribution in [2.24, 2.45) is 12.8 Å². The van der Waals surface area contributed by atoms with Crippen molar-refractivity contribution in [1.29, 1.82) is 0 Å². The summed E-state index contributed by atoms with van der Waals surface area (Å²) < 4.78 is 17.6. The van der Waals surface area contributed by atoms with Crippen LogP contribution in [0.2, 0.25) is 0 Å². The molecule has 4 aromatic rings. The highest BCUT2D eigenvalue weighted by molar-refractivity contribution is 6.13. The van der Waals surface area contributed by atoms with Gasteiger partial charge in [-0.1, -0.05) is 25.7 Å². The Morgan fingerprint density at radius 3 is 2.62 bits per heavy atom. The fourth-order valence-electron chi connectivity index (χ4n) is 4.37. The van der Waals surface area contributed by atoms with Crippen molar-refractivity contribution in [2.75, 3.05) is 23.3 Å². The van der Waals surface area contributed by atoms with E-state index in [4.69, 9.17) is 5.73 Å². The van der Waals surface area contributed by atoms with Gasteiger partial charge in [-0.05, 0) is 25.5 Å². The topological polar surface area (TPSA) is 93.5 Å². The molecule has 1 atom stereocenters. The van der Waals surface area contributed by atoms with Crippen LogP contribution in [0.1, 0.15) is 48.2 Å². The first kappa shape index (κ1) is 22.3. The van der Waals surface area contributed by atoms with Gasteiger partial charge in [0.25, 0.3) is 5.91 Å². The van der Waals surface area contributed by atoms with E-state index in [0.717, 1.165) is 30.6 Å². The van der Waals surface area contributed by atoms with Crippen molar-refractivity contribution in [3.05, 3.63) is 53.9 Å². The molecule has 9 heteroatoms. The summed E-state index contributed by atoms with van der Waals surface area (Å²) in [5.41, 5.74) is 9.39. The monoisotopic (exact) mass is 463 g/mol. The minimum atomic E-state index is -0.496. The quantitative estimate of drug-likeness (QED) is 0.479. The number of hydrogen-bond donors (Lipinski definition) is 2. The van der Waals surface area contributed by atoms with Gasteiger partial charge in [0, 0.05) is 61.9 Å². The third-order valence-electron chi connectivity index (χ3n) is 6.46. The molecule has 6 rings (SSSR count). The molecular formula is C25H30FN7O. The third kappa shape index (κ3) is 4.35. The van der Waals surface area contributed by atoms with Gasteiger partial charge in [-0.25, -0.2) is 9.37 Å². The smallest absolute Gasteiger partial charge is 0.257 e. The van der Waals surface area contributed by atoms with E-state index in [2.05, 4.69) is 20.3 Å². The predicted octanol–water partition coefficient (Wildman–Crippen LogP) is 4.02. The number of imidazole rings is 1. The molecule has 0 bridgehead atoms. The fraction of sp³-hybridized carbons (Fsp3) is 0.400. The number of pyridine rings is 1. The maximum atomic E-state index is 14.4. The van der Waals surface area contributed by atoms with E-state index in [1.165, 1.54) is 31.7 Å². The second-order valence-corrected chi connectivity index (χ2v) is 9.25. The second-order valence-electron chi connectivity index (χ2n) is 9.25. The van der Waals surface area contributed by atoms with Crippen molar-refractivity contribution >= 4 is 33.8 Å². The van der Waals surface area contributed by atoms with E-state index in [0.29, 0.717) is 22.5 Å². The van der Waals surface area contributed by atoms with Crippen LogP contribution in [0, 0.1) is 12.7 Å². The number of anilines is 2. The molecule has 1 aliphatic carbocycles. The second kappa shape index (κ2) is 9.06. The summed E-state index contributed by atoms with van der Waals surface area (Å²) >= 11 is 0. The Balaban J connectivity index is 0.000000547. The lowest BCUT2D eigenvalue weighted by molar-refractivity contribution is 0.102. The van der Waals surface area contributed by atoms with Crippen LogP contribution in [-0.4, -0.2) is 44.2 Å². The number of halogens is 1. The molecule has 1 aromatic carbocycles. The zero-order valence-electron chi connectivity index (χ0n) is 19.6. The highest BCUT2D eigenvalue weighted by Crippen LogP contribution is 2.31. The van der Waals surface area contributed by atoms with Crippen molar-refractivity contribution < 1.29 is 9.18 Å². The van der Waals surface area contributed by atoms with Gasteiger partial charge in [-0.3, -0.25) is 9.48 Å². The third-order valence-corrected chi connectivity index (χ3v) is 6.46. The molecule has 178 valence electrons. The average molecular weight is 464 g/mol. The standard InChI is InChI=1S/C21H22FN7O.C4H8/c1-12-8-29-10-14(7-17(22)20(29)24-12)25-21(30)15-3-4-18(28-6-5-13(23)9-28)16-11-27(2)26-19(15)16;1-2-4-3-1/h3-4,7-8,10-11,13H,5-6,9,23H2,1-2H3,(H,25,30);1-4H2. The number of nitrogens with zero attached hydrogens (tertiary/aromatic N) is 5. The Morgan fingerprint density at radius 2 is 1.94 bits per heavy atom. The molecule has 2 aliphatic rings. The number of hydrogen-bond acceptors (Lipinski definition) is 5. The maximum absolute atomic E-state index is 14.4. The Bertz CT molecular complexity index is 1350. The number of carbonyl (C=O) groups excluding carboxylic acids is 1. The molecule has 3 N–H and O–H groups in total. The van der Waals surface area contributed by atoms with Gasteiger partial charge >= 0.3 is 0 Å². The van der Waals surface area contributed by atoms with E-state index >= 15 is 0 Å². The Hall–Kier alpha value is -3.46. The van der Waals surface area contributed by atoms with Crippen LogP contribution >= 0.6 is 0 Å². The predicted molar refractivity (Wildman–Crippen MR) is 132 cm³/mol. The van der Waals surface area contributed by atoms with Gasteiger partial charge in [-0.2, -0.15) is 5.10 Å². The van der Waals surface area contributed by atoms with Gasteiger partial charge < -0.3 is 20.4 Å². The molecule has 8 nitrogen and oxygen atoms in total. The number of aryl methyl sites for hydroxylation is 2. The van der Waals surface area contributed by atoms with Crippen molar-refractivity contribution in [2.45, 2.75) is 45.1 Å². The van der Waals surface area contributed by atoms with E-state index < -0.39 is 5.82 Å². The molecule has 1 saturated heterocycles. The van der Waals surface area contributed by atoms with E-state index in [1.807, 2.05) is 19.3 Å². The summed E-state index contributed by atoms with van der Waals surface area (Å²) in [6.45, 7) is 3.44. The number of carbonyl (C=O) groups is 1. The van der Waals surface area contributed by atoms with Crippen molar-refractivity contribution in [1.82, 2.24) is 19.2 Å². The van der Waals surface area contributed by atoms with Gasteiger partial charge in [-0.15, -0.1) is 0 Å². The number of aromatic nitrogens is 4. The van der Waals surface area contributed by atoms with Crippen LogP contribution in [0.5, 0.6) is 0 Å². The number of amides is 1. The summed E-state index contributed by atoms with van der Waals surface area (Å²) in [6, 6.07) is 5.12. The largest absolute Gasteiger partial charge is 0.369 e. The summed E-state index contributed by atoms with van der Waals surface area (Å²) in [5, 5.41) is 8.19. The van der Waals surface area contributed by atoms with Gasteiger partial charge in [0.05, 0.1) is 16.9 Å². The Morgan fingerprint density at radius 1 is 1.18 bits per heavy atom. The van der Waals surface area contributed by atoms with Gasteiger partial charge in [0.2, 0.25) is 0 Å².